The Kier molecular flexibility index (Phi) is 5.56. The molecule has 1 aromatic carbocycles. The van der Waals surface area contributed by atoms with E-state index in [0.29, 0.717) is 10.0 Å². The second kappa shape index (κ2) is 5.60. The van der Waals surface area contributed by atoms with Crippen LogP contribution in [0.15, 0.2) is 24.3 Å². The topological polar surface area (TPSA) is 77.8 Å². The molecule has 0 spiro atoms. The molecule has 0 fully saturated rings. The summed E-state index contributed by atoms with van der Waals surface area (Å²) in [7, 11) is -4.64. The summed E-state index contributed by atoms with van der Waals surface area (Å²) in [6.45, 7) is 0. The van der Waals surface area contributed by atoms with Crippen LogP contribution in [0.5, 0.6) is 0 Å². The number of benzene rings is 1. The van der Waals surface area contributed by atoms with Crippen LogP contribution >= 0.6 is 31.0 Å². The van der Waals surface area contributed by atoms with Crippen molar-refractivity contribution >= 4 is 31.0 Å². The van der Waals surface area contributed by atoms with E-state index >= 15 is 0 Å². The van der Waals surface area contributed by atoms with Crippen LogP contribution in [-0.4, -0.2) is 14.7 Å². The molecule has 0 atom stereocenters. The highest BCUT2D eigenvalue weighted by Gasteiger charge is 2.00. The van der Waals surface area contributed by atoms with Crippen molar-refractivity contribution in [2.75, 3.05) is 0 Å². The number of halogens is 2. The predicted octanol–water partition coefficient (Wildman–Crippen LogP) is 2.06. The van der Waals surface area contributed by atoms with Crippen molar-refractivity contribution in [1.82, 2.24) is 0 Å². The molecule has 0 aliphatic carbocycles. The summed E-state index contributed by atoms with van der Waals surface area (Å²) >= 11 is 11.2. The summed E-state index contributed by atoms with van der Waals surface area (Å²) in [4.78, 5) is 21.6. The second-order valence-electron chi connectivity index (χ2n) is 1.93. The first kappa shape index (κ1) is 12.9. The highest BCUT2D eigenvalue weighted by molar-refractivity contribution is 7.45. The largest absolute Gasteiger partial charge is 0.466 e. The van der Waals surface area contributed by atoms with E-state index in [1.165, 1.54) is 0 Å². The molecule has 7 heteroatoms. The number of hydrogen-bond acceptors (Lipinski definition) is 1. The average molecular weight is 245 g/mol. The molecule has 74 valence electrons. The smallest absolute Gasteiger partial charge is 0.303 e. The Morgan fingerprint density at radius 3 is 1.38 bits per heavy atom. The van der Waals surface area contributed by atoms with Crippen molar-refractivity contribution in [3.05, 3.63) is 34.3 Å². The predicted molar refractivity (Wildman–Crippen MR) is 50.7 cm³/mol. The summed E-state index contributed by atoms with van der Waals surface area (Å²) in [5, 5.41) is 1.21. The molecule has 0 saturated heterocycles. The van der Waals surface area contributed by atoms with Crippen LogP contribution in [0.3, 0.4) is 0 Å². The first-order valence-electron chi connectivity index (χ1n) is 2.99. The van der Waals surface area contributed by atoms with Crippen LogP contribution in [0.2, 0.25) is 10.0 Å². The summed E-state index contributed by atoms with van der Waals surface area (Å²) in [5.41, 5.74) is 0. The molecule has 13 heavy (non-hydrogen) atoms. The molecule has 1 rings (SSSR count). The van der Waals surface area contributed by atoms with E-state index < -0.39 is 7.82 Å². The minimum absolute atomic E-state index is 0.606. The van der Waals surface area contributed by atoms with E-state index in [-0.39, 0.29) is 0 Å². The molecule has 0 aliphatic rings. The molecule has 0 heterocycles. The number of rotatable bonds is 0. The van der Waals surface area contributed by atoms with Gasteiger partial charge < -0.3 is 14.7 Å². The molecule has 0 amide bonds. The van der Waals surface area contributed by atoms with Gasteiger partial charge in [0, 0.05) is 0 Å². The molecule has 1 aromatic rings. The van der Waals surface area contributed by atoms with E-state index in [1.807, 2.05) is 12.1 Å². The molecule has 0 radical (unpaired) electrons. The fraction of sp³-hybridized carbons (Fsp3) is 0. The Bertz CT molecular complexity index is 282. The van der Waals surface area contributed by atoms with Crippen LogP contribution in [0, 0.1) is 0 Å². The Balaban J connectivity index is 0.000000252. The van der Waals surface area contributed by atoms with E-state index in [4.69, 9.17) is 42.4 Å². The fourth-order valence-electron chi connectivity index (χ4n) is 0.439. The maximum atomic E-state index is 8.88. The number of hydrogen-bond donors (Lipinski definition) is 3. The van der Waals surface area contributed by atoms with Gasteiger partial charge in [-0.3, -0.25) is 0 Å². The van der Waals surface area contributed by atoms with Gasteiger partial charge in [0.05, 0.1) is 10.0 Å². The lowest BCUT2D eigenvalue weighted by atomic mass is 10.4. The first-order chi connectivity index (χ1) is 5.80. The maximum Gasteiger partial charge on any atom is 0.466 e. The van der Waals surface area contributed by atoms with Crippen molar-refractivity contribution in [2.45, 2.75) is 0 Å². The normalized spacial score (nSPS) is 10.2. The number of phosphoric acid groups is 1. The summed E-state index contributed by atoms with van der Waals surface area (Å²) in [6, 6.07) is 7.19. The third-order valence-corrected chi connectivity index (χ3v) is 1.58. The highest BCUT2D eigenvalue weighted by Crippen LogP contribution is 2.25. The summed E-state index contributed by atoms with van der Waals surface area (Å²) in [5.74, 6) is 0. The zero-order valence-electron chi connectivity index (χ0n) is 6.26. The van der Waals surface area contributed by atoms with Crippen LogP contribution in [0.1, 0.15) is 0 Å². The monoisotopic (exact) mass is 244 g/mol. The minimum Gasteiger partial charge on any atom is -0.303 e. The van der Waals surface area contributed by atoms with E-state index in [0.717, 1.165) is 0 Å². The van der Waals surface area contributed by atoms with Gasteiger partial charge in [0.15, 0.2) is 0 Å². The fourth-order valence-corrected chi connectivity index (χ4v) is 0.711. The molecule has 4 nitrogen and oxygen atoms in total. The third kappa shape index (κ3) is 9.83. The van der Waals surface area contributed by atoms with Gasteiger partial charge in [-0.2, -0.15) is 0 Å². The average Bonchev–Trinajstić information content (AvgIpc) is 1.92. The zero-order valence-corrected chi connectivity index (χ0v) is 8.67. The van der Waals surface area contributed by atoms with Gasteiger partial charge in [0.2, 0.25) is 0 Å². The van der Waals surface area contributed by atoms with Crippen molar-refractivity contribution < 1.29 is 19.2 Å². The van der Waals surface area contributed by atoms with Crippen LogP contribution in [-0.2, 0) is 4.57 Å². The van der Waals surface area contributed by atoms with Gasteiger partial charge in [0.25, 0.3) is 0 Å². The van der Waals surface area contributed by atoms with Gasteiger partial charge in [-0.15, -0.1) is 0 Å². The van der Waals surface area contributed by atoms with Crippen molar-refractivity contribution in [3.63, 3.8) is 0 Å². The minimum atomic E-state index is -4.64. The lowest BCUT2D eigenvalue weighted by Gasteiger charge is -1.88. The van der Waals surface area contributed by atoms with E-state index in [1.54, 1.807) is 12.1 Å². The molecular formula is C6H7Cl2O4P. The lowest BCUT2D eigenvalue weighted by molar-refractivity contribution is 0.275. The van der Waals surface area contributed by atoms with Gasteiger partial charge >= 0.3 is 7.82 Å². The second-order valence-corrected chi connectivity index (χ2v) is 3.77. The summed E-state index contributed by atoms with van der Waals surface area (Å²) in [6.07, 6.45) is 0. The molecule has 0 unspecified atom stereocenters. The lowest BCUT2D eigenvalue weighted by Crippen LogP contribution is -1.66. The Morgan fingerprint density at radius 1 is 1.00 bits per heavy atom. The quantitative estimate of drug-likeness (QED) is 0.611. The highest BCUT2D eigenvalue weighted by atomic mass is 35.5. The zero-order chi connectivity index (χ0) is 10.5. The molecule has 0 aliphatic heterocycles. The van der Waals surface area contributed by atoms with Crippen molar-refractivity contribution in [1.29, 1.82) is 0 Å². The van der Waals surface area contributed by atoms with Crippen molar-refractivity contribution in [3.8, 4) is 0 Å². The molecule has 3 N–H and O–H groups in total. The van der Waals surface area contributed by atoms with Crippen LogP contribution in [0.25, 0.3) is 0 Å². The van der Waals surface area contributed by atoms with Gasteiger partial charge in [-0.05, 0) is 12.1 Å². The van der Waals surface area contributed by atoms with Crippen LogP contribution in [0.4, 0.5) is 0 Å². The molecule has 0 saturated carbocycles. The van der Waals surface area contributed by atoms with Crippen molar-refractivity contribution in [2.24, 2.45) is 0 Å². The molecular weight excluding hydrogens is 238 g/mol. The van der Waals surface area contributed by atoms with Gasteiger partial charge in [-0.1, -0.05) is 35.3 Å². The maximum absolute atomic E-state index is 8.88. The molecule has 0 aromatic heterocycles. The third-order valence-electron chi connectivity index (χ3n) is 0.824. The standard InChI is InChI=1S/C6H4Cl2.H3O4P/c7-5-3-1-2-4-6(5)8;1-5(2,3)4/h1-4H;(H3,1,2,3,4). The van der Waals surface area contributed by atoms with Crippen LogP contribution < -0.4 is 0 Å². The molecule has 0 bridgehead atoms. The first-order valence-corrected chi connectivity index (χ1v) is 5.31. The Morgan fingerprint density at radius 2 is 1.23 bits per heavy atom. The Hall–Kier alpha value is -0.0900. The van der Waals surface area contributed by atoms with Gasteiger partial charge in [-0.25, -0.2) is 4.57 Å². The van der Waals surface area contributed by atoms with E-state index in [9.17, 15) is 0 Å². The summed E-state index contributed by atoms with van der Waals surface area (Å²) < 4.78 is 8.88. The Labute approximate surface area is 85.0 Å². The van der Waals surface area contributed by atoms with E-state index in [2.05, 4.69) is 0 Å². The van der Waals surface area contributed by atoms with Gasteiger partial charge in [0.1, 0.15) is 0 Å². The SMILES string of the molecule is Clc1ccccc1Cl.O=P(O)(O)O.